The van der Waals surface area contributed by atoms with Crippen molar-refractivity contribution in [1.82, 2.24) is 31.1 Å². The van der Waals surface area contributed by atoms with Gasteiger partial charge in [-0.2, -0.15) is 0 Å². The molecular formula is C42H61N7O11. The minimum absolute atomic E-state index is 0.0499. The van der Waals surface area contributed by atoms with Crippen molar-refractivity contribution in [3.63, 3.8) is 0 Å². The number of unbranched alkanes of at least 4 members (excludes halogenated alkanes) is 9. The molecule has 0 aliphatic carbocycles. The van der Waals surface area contributed by atoms with Crippen LogP contribution in [0.3, 0.4) is 0 Å². The molecule has 1 aliphatic rings. The Hall–Kier alpha value is -5.75. The second kappa shape index (κ2) is 23.7. The number of rotatable bonds is 20. The molecule has 0 saturated heterocycles. The third kappa shape index (κ3) is 13.9. The molecule has 0 aromatic heterocycles. The van der Waals surface area contributed by atoms with Gasteiger partial charge < -0.3 is 57.2 Å². The number of phenols is 2. The van der Waals surface area contributed by atoms with E-state index in [4.69, 9.17) is 5.73 Å². The van der Waals surface area contributed by atoms with Crippen LogP contribution in [0.1, 0.15) is 102 Å². The number of aliphatic hydroxyl groups is 1. The first-order valence-corrected chi connectivity index (χ1v) is 20.4. The van der Waals surface area contributed by atoms with Crippen LogP contribution in [-0.4, -0.2) is 123 Å². The number of benzene rings is 2. The summed E-state index contributed by atoms with van der Waals surface area (Å²) in [7, 11) is 2.62. The van der Waals surface area contributed by atoms with Gasteiger partial charge in [-0.3, -0.25) is 28.8 Å². The number of aromatic hydroxyl groups is 2. The zero-order chi connectivity index (χ0) is 44.5. The number of carbonyl (C=O) groups excluding carboxylic acids is 6. The van der Waals surface area contributed by atoms with Crippen molar-refractivity contribution in [2.45, 2.75) is 121 Å². The molecule has 0 saturated carbocycles. The number of nitrogens with zero attached hydrogens (tertiary/aromatic N) is 2. The lowest BCUT2D eigenvalue weighted by atomic mass is 9.94. The minimum atomic E-state index is -1.70. The summed E-state index contributed by atoms with van der Waals surface area (Å²) in [5, 5.41) is 50.7. The molecule has 60 heavy (non-hydrogen) atoms. The second-order valence-corrected chi connectivity index (χ2v) is 15.2. The van der Waals surface area contributed by atoms with Gasteiger partial charge in [0.2, 0.25) is 29.5 Å². The highest BCUT2D eigenvalue weighted by Crippen LogP contribution is 2.38. The Bertz CT molecular complexity index is 1840. The van der Waals surface area contributed by atoms with Gasteiger partial charge in [-0.15, -0.1) is 0 Å². The van der Waals surface area contributed by atoms with E-state index in [1.54, 1.807) is 0 Å². The van der Waals surface area contributed by atoms with E-state index in [2.05, 4.69) is 28.2 Å². The van der Waals surface area contributed by atoms with E-state index in [-0.39, 0.29) is 46.9 Å². The van der Waals surface area contributed by atoms with Crippen LogP contribution in [0.25, 0.3) is 11.1 Å². The third-order valence-corrected chi connectivity index (χ3v) is 10.6. The van der Waals surface area contributed by atoms with Crippen LogP contribution in [-0.2, 0) is 40.0 Å². The van der Waals surface area contributed by atoms with Crippen LogP contribution >= 0.6 is 0 Å². The van der Waals surface area contributed by atoms with Crippen LogP contribution < -0.4 is 27.0 Å². The molecule has 0 radical (unpaired) electrons. The summed E-state index contributed by atoms with van der Waals surface area (Å²) in [6.07, 6.45) is 9.17. The van der Waals surface area contributed by atoms with Crippen LogP contribution in [0, 0.1) is 0 Å². The molecule has 330 valence electrons. The summed E-state index contributed by atoms with van der Waals surface area (Å²) in [5.74, 6) is -6.76. The second-order valence-electron chi connectivity index (χ2n) is 15.2. The van der Waals surface area contributed by atoms with Gasteiger partial charge in [-0.05, 0) is 48.7 Å². The highest BCUT2D eigenvalue weighted by Gasteiger charge is 2.34. The molecule has 4 bridgehead atoms. The van der Waals surface area contributed by atoms with Crippen molar-refractivity contribution >= 4 is 41.4 Å². The molecule has 18 heteroatoms. The summed E-state index contributed by atoms with van der Waals surface area (Å²) in [5.41, 5.74) is 6.58. The number of hydrogen-bond acceptors (Lipinski definition) is 11. The number of hydrogen-bond donors (Lipinski definition) is 9. The SMILES string of the molecule is CCCCCCCCCCCCC(=O)N(C)C(CO)C(=O)NC(N)C(=O)NCC(=O)N(C)C1C(=O)NC(C)C(=O)NC(C(=O)O)Cc2ccc(O)c(c2)-c2cc1ccc2O. The first kappa shape index (κ1) is 48.6. The standard InChI is InChI=1S/C42H61N7O11/c1-5-6-7-8-9-10-11-12-13-14-15-34(53)48(3)31(24-50)39(56)47-37(43)41(58)44-23-35(54)49(4)36-27-17-19-33(52)29(22-27)28-20-26(16-18-32(28)51)21-30(42(59)60)46-38(55)25(2)45-40(36)57/h16-20,22,25,30-31,36-37,50-52H,5-15,21,23-24,43H2,1-4H3,(H,44,58)(H,45,57)(H,46,55)(H,47,56)(H,59,60). The highest BCUT2D eigenvalue weighted by atomic mass is 16.4. The summed E-state index contributed by atoms with van der Waals surface area (Å²) >= 11 is 0. The Labute approximate surface area is 350 Å². The summed E-state index contributed by atoms with van der Waals surface area (Å²) in [4.78, 5) is 93.3. The molecule has 2 aromatic carbocycles. The molecule has 18 nitrogen and oxygen atoms in total. The largest absolute Gasteiger partial charge is 0.507 e. The smallest absolute Gasteiger partial charge is 0.326 e. The predicted octanol–water partition coefficient (Wildman–Crippen LogP) is 1.54. The Morgan fingerprint density at radius 2 is 1.40 bits per heavy atom. The van der Waals surface area contributed by atoms with Gasteiger partial charge in [-0.1, -0.05) is 76.8 Å². The number of fused-ring (bicyclic) bond motifs is 5. The van der Waals surface area contributed by atoms with Crippen LogP contribution in [0.4, 0.5) is 0 Å². The quantitative estimate of drug-likeness (QED) is 0.0679. The molecule has 10 N–H and O–H groups in total. The van der Waals surface area contributed by atoms with E-state index in [9.17, 15) is 54.0 Å². The fourth-order valence-corrected chi connectivity index (χ4v) is 6.86. The number of nitrogens with two attached hydrogens (primary N) is 1. The lowest BCUT2D eigenvalue weighted by Gasteiger charge is -2.30. The first-order chi connectivity index (χ1) is 28.5. The Morgan fingerprint density at radius 1 is 0.817 bits per heavy atom. The number of aliphatic carboxylic acids is 1. The van der Waals surface area contributed by atoms with Gasteiger partial charge in [0.05, 0.1) is 13.2 Å². The number of carboxylic acids is 1. The Balaban J connectivity index is 1.67. The highest BCUT2D eigenvalue weighted by molar-refractivity contribution is 5.96. The van der Waals surface area contributed by atoms with Gasteiger partial charge in [0, 0.05) is 38.1 Å². The molecule has 1 heterocycles. The molecule has 0 fully saturated rings. The number of likely N-dealkylation sites (N-methyl/N-ethyl adjacent to an activating group) is 2. The van der Waals surface area contributed by atoms with E-state index in [1.807, 2.05) is 0 Å². The molecule has 6 amide bonds. The molecular weight excluding hydrogens is 778 g/mol. The van der Waals surface area contributed by atoms with Crippen molar-refractivity contribution in [2.24, 2.45) is 5.73 Å². The summed E-state index contributed by atoms with van der Waals surface area (Å²) in [6.45, 7) is 2.04. The number of carboxylic acid groups (broad SMARTS) is 1. The minimum Gasteiger partial charge on any atom is -0.507 e. The van der Waals surface area contributed by atoms with Crippen molar-refractivity contribution in [2.75, 3.05) is 27.2 Å². The first-order valence-electron chi connectivity index (χ1n) is 20.4. The average molecular weight is 840 g/mol. The monoisotopic (exact) mass is 839 g/mol. The zero-order valence-corrected chi connectivity index (χ0v) is 34.9. The van der Waals surface area contributed by atoms with Crippen LogP contribution in [0.15, 0.2) is 36.4 Å². The fraction of sp³-hybridized carbons (Fsp3) is 0.548. The van der Waals surface area contributed by atoms with E-state index in [0.717, 1.165) is 35.5 Å². The van der Waals surface area contributed by atoms with E-state index < -0.39 is 79.0 Å². The number of carbonyl (C=O) groups is 7. The Morgan fingerprint density at radius 3 is 2.00 bits per heavy atom. The van der Waals surface area contributed by atoms with E-state index >= 15 is 0 Å². The maximum Gasteiger partial charge on any atom is 0.326 e. The van der Waals surface area contributed by atoms with Crippen LogP contribution in [0.5, 0.6) is 11.5 Å². The Kier molecular flexibility index (Phi) is 19.2. The van der Waals surface area contributed by atoms with Gasteiger partial charge >= 0.3 is 5.97 Å². The van der Waals surface area contributed by atoms with Gasteiger partial charge in [0.15, 0.2) is 6.17 Å². The van der Waals surface area contributed by atoms with Gasteiger partial charge in [0.1, 0.15) is 35.7 Å². The maximum atomic E-state index is 13.8. The van der Waals surface area contributed by atoms with Crippen molar-refractivity contribution in [1.29, 1.82) is 0 Å². The summed E-state index contributed by atoms with van der Waals surface area (Å²) < 4.78 is 0. The van der Waals surface area contributed by atoms with Gasteiger partial charge in [0.25, 0.3) is 5.91 Å². The lowest BCUT2D eigenvalue weighted by molar-refractivity contribution is -0.143. The van der Waals surface area contributed by atoms with Crippen molar-refractivity contribution in [3.05, 3.63) is 47.5 Å². The molecule has 3 rings (SSSR count). The number of aliphatic hydroxyl groups excluding tert-OH is 1. The lowest BCUT2D eigenvalue weighted by Crippen LogP contribution is -2.59. The van der Waals surface area contributed by atoms with Crippen molar-refractivity contribution < 1.29 is 54.0 Å². The topological polar surface area (TPSA) is 281 Å². The third-order valence-electron chi connectivity index (χ3n) is 10.6. The van der Waals surface area contributed by atoms with E-state index in [1.165, 1.54) is 89.5 Å². The normalized spacial score (nSPS) is 17.5. The number of nitrogens with one attached hydrogen (secondary N) is 4. The van der Waals surface area contributed by atoms with Gasteiger partial charge in [-0.25, -0.2) is 4.79 Å². The van der Waals surface area contributed by atoms with E-state index in [0.29, 0.717) is 12.0 Å². The predicted molar refractivity (Wildman–Crippen MR) is 221 cm³/mol. The maximum absolute atomic E-state index is 13.8. The molecule has 5 unspecified atom stereocenters. The summed E-state index contributed by atoms with van der Waals surface area (Å²) in [6, 6.07) is 2.61. The average Bonchev–Trinajstić information content (AvgIpc) is 3.21. The molecule has 2 aromatic rings. The molecule has 5 atom stereocenters. The number of phenolic OH excluding ortho intramolecular Hbond substituents is 2. The number of amides is 6. The van der Waals surface area contributed by atoms with Crippen molar-refractivity contribution in [3.8, 4) is 22.6 Å². The fourth-order valence-electron chi connectivity index (χ4n) is 6.86. The molecule has 1 aliphatic heterocycles. The zero-order valence-electron chi connectivity index (χ0n) is 34.9. The van der Waals surface area contributed by atoms with Crippen LogP contribution in [0.2, 0.25) is 0 Å². The molecule has 0 spiro atoms.